The first-order valence-electron chi connectivity index (χ1n) is 5.58. The van der Waals surface area contributed by atoms with E-state index in [4.69, 9.17) is 10.5 Å². The van der Waals surface area contributed by atoms with E-state index in [9.17, 15) is 4.79 Å². The van der Waals surface area contributed by atoms with Gasteiger partial charge in [0.15, 0.2) is 0 Å². The van der Waals surface area contributed by atoms with Gasteiger partial charge in [-0.3, -0.25) is 4.98 Å². The van der Waals surface area contributed by atoms with E-state index in [0.717, 1.165) is 24.0 Å². The molecule has 2 N–H and O–H groups in total. The van der Waals surface area contributed by atoms with Gasteiger partial charge >= 0.3 is 5.97 Å². The molecule has 86 valence electrons. The zero-order valence-electron chi connectivity index (χ0n) is 9.40. The standard InChI is InChI=1S/C12H16N2O2/c1-2-16-11(15)12(13)6-3-4-9-8-14-7-5-10(9)12/h5,7-8H,2-4,6,13H2,1H3. The molecule has 1 atom stereocenters. The minimum Gasteiger partial charge on any atom is -0.464 e. The van der Waals surface area contributed by atoms with Crippen molar-refractivity contribution in [1.29, 1.82) is 0 Å². The summed E-state index contributed by atoms with van der Waals surface area (Å²) in [6, 6.07) is 1.82. The van der Waals surface area contributed by atoms with E-state index in [1.54, 1.807) is 19.3 Å². The smallest absolute Gasteiger partial charge is 0.330 e. The van der Waals surface area contributed by atoms with Crippen LogP contribution in [0.2, 0.25) is 0 Å². The monoisotopic (exact) mass is 220 g/mol. The highest BCUT2D eigenvalue weighted by atomic mass is 16.5. The van der Waals surface area contributed by atoms with Gasteiger partial charge in [0.2, 0.25) is 0 Å². The Labute approximate surface area is 94.8 Å². The van der Waals surface area contributed by atoms with E-state index < -0.39 is 5.54 Å². The van der Waals surface area contributed by atoms with Gasteiger partial charge in [-0.25, -0.2) is 4.79 Å². The Morgan fingerprint density at radius 2 is 2.50 bits per heavy atom. The first-order chi connectivity index (χ1) is 7.68. The Morgan fingerprint density at radius 1 is 1.69 bits per heavy atom. The molecule has 4 nitrogen and oxygen atoms in total. The molecule has 0 aromatic carbocycles. The van der Waals surface area contributed by atoms with Crippen molar-refractivity contribution in [3.63, 3.8) is 0 Å². The maximum Gasteiger partial charge on any atom is 0.330 e. The zero-order valence-corrected chi connectivity index (χ0v) is 9.40. The molecule has 1 aliphatic carbocycles. The van der Waals surface area contributed by atoms with Crippen LogP contribution in [-0.4, -0.2) is 17.6 Å². The van der Waals surface area contributed by atoms with E-state index >= 15 is 0 Å². The van der Waals surface area contributed by atoms with Gasteiger partial charge in [0.1, 0.15) is 5.54 Å². The Morgan fingerprint density at radius 3 is 3.25 bits per heavy atom. The maximum atomic E-state index is 11.9. The SMILES string of the molecule is CCOC(=O)C1(N)CCCc2cnccc21. The van der Waals surface area contributed by atoms with Crippen LogP contribution in [0.1, 0.15) is 30.9 Å². The van der Waals surface area contributed by atoms with Crippen LogP contribution in [-0.2, 0) is 21.5 Å². The zero-order chi connectivity index (χ0) is 11.6. The average molecular weight is 220 g/mol. The molecular formula is C12H16N2O2. The molecule has 0 saturated carbocycles. The first kappa shape index (κ1) is 11.1. The van der Waals surface area contributed by atoms with Gasteiger partial charge in [-0.2, -0.15) is 0 Å². The summed E-state index contributed by atoms with van der Waals surface area (Å²) in [7, 11) is 0. The summed E-state index contributed by atoms with van der Waals surface area (Å²) in [5.41, 5.74) is 7.15. The highest BCUT2D eigenvalue weighted by Crippen LogP contribution is 2.33. The third-order valence-electron chi connectivity index (χ3n) is 3.04. The molecule has 1 heterocycles. The topological polar surface area (TPSA) is 65.2 Å². The van der Waals surface area contributed by atoms with Crippen molar-refractivity contribution in [3.05, 3.63) is 29.6 Å². The Bertz CT molecular complexity index is 406. The van der Waals surface area contributed by atoms with Crippen LogP contribution in [0.5, 0.6) is 0 Å². The summed E-state index contributed by atoms with van der Waals surface area (Å²) in [5.74, 6) is -0.331. The lowest BCUT2D eigenvalue weighted by Crippen LogP contribution is -2.48. The molecule has 1 aromatic rings. The number of fused-ring (bicyclic) bond motifs is 1. The van der Waals surface area contributed by atoms with Crippen LogP contribution in [0.25, 0.3) is 0 Å². The molecule has 16 heavy (non-hydrogen) atoms. The molecule has 1 unspecified atom stereocenters. The summed E-state index contributed by atoms with van der Waals surface area (Å²) >= 11 is 0. The molecule has 0 spiro atoms. The van der Waals surface area contributed by atoms with Crippen molar-refractivity contribution >= 4 is 5.97 Å². The fourth-order valence-electron chi connectivity index (χ4n) is 2.23. The van der Waals surface area contributed by atoms with Gasteiger partial charge in [-0.1, -0.05) is 0 Å². The van der Waals surface area contributed by atoms with E-state index in [1.807, 2.05) is 6.07 Å². The molecule has 4 heteroatoms. The van der Waals surface area contributed by atoms with Gasteiger partial charge in [-0.05, 0) is 43.4 Å². The van der Waals surface area contributed by atoms with Crippen LogP contribution >= 0.6 is 0 Å². The molecule has 0 aliphatic heterocycles. The largest absolute Gasteiger partial charge is 0.464 e. The van der Waals surface area contributed by atoms with Crippen LogP contribution in [0.15, 0.2) is 18.5 Å². The van der Waals surface area contributed by atoms with E-state index in [-0.39, 0.29) is 5.97 Å². The highest BCUT2D eigenvalue weighted by Gasteiger charge is 2.40. The minimum atomic E-state index is -0.980. The van der Waals surface area contributed by atoms with Crippen LogP contribution in [0.3, 0.4) is 0 Å². The normalized spacial score (nSPS) is 23.6. The van der Waals surface area contributed by atoms with Crippen molar-refractivity contribution in [2.45, 2.75) is 31.7 Å². The van der Waals surface area contributed by atoms with E-state index in [0.29, 0.717) is 13.0 Å². The third-order valence-corrected chi connectivity index (χ3v) is 3.04. The van der Waals surface area contributed by atoms with Crippen molar-refractivity contribution in [3.8, 4) is 0 Å². The number of nitrogens with two attached hydrogens (primary N) is 1. The average Bonchev–Trinajstić information content (AvgIpc) is 2.30. The molecule has 0 radical (unpaired) electrons. The molecule has 1 aliphatic rings. The fourth-order valence-corrected chi connectivity index (χ4v) is 2.23. The van der Waals surface area contributed by atoms with Gasteiger partial charge in [0.05, 0.1) is 6.61 Å². The predicted molar refractivity (Wildman–Crippen MR) is 59.7 cm³/mol. The number of hydrogen-bond acceptors (Lipinski definition) is 4. The molecule has 0 bridgehead atoms. The quantitative estimate of drug-likeness (QED) is 0.759. The second-order valence-corrected chi connectivity index (χ2v) is 4.08. The second-order valence-electron chi connectivity index (χ2n) is 4.08. The van der Waals surface area contributed by atoms with Crippen molar-refractivity contribution in [1.82, 2.24) is 4.98 Å². The number of esters is 1. The van der Waals surface area contributed by atoms with Gasteiger partial charge in [-0.15, -0.1) is 0 Å². The van der Waals surface area contributed by atoms with Gasteiger partial charge in [0, 0.05) is 12.4 Å². The molecular weight excluding hydrogens is 204 g/mol. The van der Waals surface area contributed by atoms with Crippen molar-refractivity contribution < 1.29 is 9.53 Å². The Balaban J connectivity index is 2.40. The molecule has 0 amide bonds. The number of carbonyl (C=O) groups is 1. The highest BCUT2D eigenvalue weighted by molar-refractivity contribution is 5.83. The number of nitrogens with zero attached hydrogens (tertiary/aromatic N) is 1. The van der Waals surface area contributed by atoms with Crippen LogP contribution in [0.4, 0.5) is 0 Å². The fraction of sp³-hybridized carbons (Fsp3) is 0.500. The predicted octanol–water partition coefficient (Wildman–Crippen LogP) is 1.13. The number of carbonyl (C=O) groups excluding carboxylic acids is 1. The number of aryl methyl sites for hydroxylation is 1. The summed E-state index contributed by atoms with van der Waals surface area (Å²) < 4.78 is 5.06. The minimum absolute atomic E-state index is 0.331. The molecule has 0 fully saturated rings. The second kappa shape index (κ2) is 4.22. The third kappa shape index (κ3) is 1.69. The lowest BCUT2D eigenvalue weighted by molar-refractivity contribution is -0.150. The first-order valence-corrected chi connectivity index (χ1v) is 5.58. The van der Waals surface area contributed by atoms with E-state index in [2.05, 4.69) is 4.98 Å². The molecule has 2 rings (SSSR count). The van der Waals surface area contributed by atoms with Crippen molar-refractivity contribution in [2.24, 2.45) is 5.73 Å². The van der Waals surface area contributed by atoms with Gasteiger partial charge in [0.25, 0.3) is 0 Å². The van der Waals surface area contributed by atoms with E-state index in [1.165, 1.54) is 0 Å². The number of aromatic nitrogens is 1. The summed E-state index contributed by atoms with van der Waals surface area (Å²) in [6.07, 6.45) is 5.93. The number of rotatable bonds is 2. The lowest BCUT2D eigenvalue weighted by Gasteiger charge is -2.32. The van der Waals surface area contributed by atoms with Crippen molar-refractivity contribution in [2.75, 3.05) is 6.61 Å². The molecule has 1 aromatic heterocycles. The summed E-state index contributed by atoms with van der Waals surface area (Å²) in [6.45, 7) is 2.15. The summed E-state index contributed by atoms with van der Waals surface area (Å²) in [5, 5.41) is 0. The Hall–Kier alpha value is -1.42. The summed E-state index contributed by atoms with van der Waals surface area (Å²) in [4.78, 5) is 16.0. The maximum absolute atomic E-state index is 11.9. The lowest BCUT2D eigenvalue weighted by atomic mass is 9.78. The van der Waals surface area contributed by atoms with Crippen LogP contribution in [0, 0.1) is 0 Å². The van der Waals surface area contributed by atoms with Crippen LogP contribution < -0.4 is 5.73 Å². The number of hydrogen-bond donors (Lipinski definition) is 1. The number of pyridine rings is 1. The molecule has 0 saturated heterocycles. The Kier molecular flexibility index (Phi) is 2.92. The number of ether oxygens (including phenoxy) is 1. The van der Waals surface area contributed by atoms with Gasteiger partial charge < -0.3 is 10.5 Å².